The quantitative estimate of drug-likeness (QED) is 0.555. The van der Waals surface area contributed by atoms with E-state index in [-0.39, 0.29) is 12.0 Å². The molecule has 1 unspecified atom stereocenters. The van der Waals surface area contributed by atoms with Gasteiger partial charge >= 0.3 is 0 Å². The molecule has 1 atom stereocenters. The summed E-state index contributed by atoms with van der Waals surface area (Å²) in [5.41, 5.74) is 1.15. The van der Waals surface area contributed by atoms with Crippen molar-refractivity contribution in [1.29, 1.82) is 0 Å². The molecule has 6 heteroatoms. The Balaban J connectivity index is 1.26. The van der Waals surface area contributed by atoms with Gasteiger partial charge in [0.05, 0.1) is 6.10 Å². The molecule has 0 radical (unpaired) electrons. The molecule has 3 aliphatic rings. The van der Waals surface area contributed by atoms with Gasteiger partial charge in [0.15, 0.2) is 5.96 Å². The molecule has 1 aromatic carbocycles. The lowest BCUT2D eigenvalue weighted by Gasteiger charge is -2.27. The summed E-state index contributed by atoms with van der Waals surface area (Å²) < 4.78 is 6.13. The summed E-state index contributed by atoms with van der Waals surface area (Å²) in [4.78, 5) is 19.3. The third kappa shape index (κ3) is 5.27. The van der Waals surface area contributed by atoms with Gasteiger partial charge in [-0.3, -0.25) is 9.79 Å². The van der Waals surface area contributed by atoms with Crippen molar-refractivity contribution in [3.63, 3.8) is 0 Å². The van der Waals surface area contributed by atoms with Gasteiger partial charge in [-0.1, -0.05) is 37.5 Å². The van der Waals surface area contributed by atoms with Gasteiger partial charge in [0.2, 0.25) is 5.91 Å². The van der Waals surface area contributed by atoms with E-state index in [4.69, 9.17) is 4.74 Å². The van der Waals surface area contributed by atoms with E-state index in [2.05, 4.69) is 32.7 Å². The van der Waals surface area contributed by atoms with Crippen molar-refractivity contribution in [2.75, 3.05) is 20.1 Å². The number of para-hydroxylation sites is 1. The van der Waals surface area contributed by atoms with Crippen LogP contribution in [-0.4, -0.2) is 49.0 Å². The molecule has 1 aromatic rings. The molecule has 0 aromatic heterocycles. The number of carbonyl (C=O) groups is 1. The number of benzene rings is 1. The number of amides is 1. The molecular formula is C24H36N4O2. The van der Waals surface area contributed by atoms with Crippen LogP contribution < -0.4 is 15.4 Å². The molecule has 2 aliphatic carbocycles. The topological polar surface area (TPSA) is 66.0 Å². The summed E-state index contributed by atoms with van der Waals surface area (Å²) in [6.07, 6.45) is 10.7. The first-order valence-corrected chi connectivity index (χ1v) is 11.7. The molecule has 30 heavy (non-hydrogen) atoms. The SMILES string of the molecule is CN=C(NCc1ccccc1OC1CCC1)NC1CCN(C(=O)C2CCCCC2)C1. The Kier molecular flexibility index (Phi) is 7.13. The van der Waals surface area contributed by atoms with E-state index in [0.29, 0.717) is 18.6 Å². The average molecular weight is 413 g/mol. The Morgan fingerprint density at radius 1 is 1.10 bits per heavy atom. The van der Waals surface area contributed by atoms with Gasteiger partial charge in [-0.25, -0.2) is 0 Å². The highest BCUT2D eigenvalue weighted by Crippen LogP contribution is 2.28. The van der Waals surface area contributed by atoms with Crippen molar-refractivity contribution in [2.45, 2.75) is 76.5 Å². The lowest BCUT2D eigenvalue weighted by Crippen LogP contribution is -2.45. The minimum Gasteiger partial charge on any atom is -0.490 e. The maximum absolute atomic E-state index is 12.8. The van der Waals surface area contributed by atoms with E-state index < -0.39 is 0 Å². The van der Waals surface area contributed by atoms with Crippen molar-refractivity contribution in [3.8, 4) is 5.75 Å². The summed E-state index contributed by atoms with van der Waals surface area (Å²) in [5.74, 6) is 2.37. The lowest BCUT2D eigenvalue weighted by molar-refractivity contribution is -0.135. The minimum atomic E-state index is 0.252. The monoisotopic (exact) mass is 412 g/mol. The number of likely N-dealkylation sites (tertiary alicyclic amines) is 1. The third-order valence-electron chi connectivity index (χ3n) is 6.78. The van der Waals surface area contributed by atoms with Crippen molar-refractivity contribution in [1.82, 2.24) is 15.5 Å². The zero-order valence-electron chi connectivity index (χ0n) is 18.2. The Bertz CT molecular complexity index is 740. The predicted octanol–water partition coefficient (Wildman–Crippen LogP) is 3.46. The molecule has 1 heterocycles. The molecule has 1 saturated heterocycles. The summed E-state index contributed by atoms with van der Waals surface area (Å²) in [6, 6.07) is 8.49. The van der Waals surface area contributed by atoms with Gasteiger partial charge in [-0.15, -0.1) is 0 Å². The van der Waals surface area contributed by atoms with Crippen LogP contribution in [-0.2, 0) is 11.3 Å². The van der Waals surface area contributed by atoms with Gasteiger partial charge < -0.3 is 20.3 Å². The normalized spacial score (nSPS) is 23.2. The molecule has 2 saturated carbocycles. The second-order valence-electron chi connectivity index (χ2n) is 8.95. The van der Waals surface area contributed by atoms with Crippen LogP contribution >= 0.6 is 0 Å². The van der Waals surface area contributed by atoms with Crippen molar-refractivity contribution < 1.29 is 9.53 Å². The number of rotatable bonds is 6. The first-order valence-electron chi connectivity index (χ1n) is 11.7. The van der Waals surface area contributed by atoms with Crippen molar-refractivity contribution in [2.24, 2.45) is 10.9 Å². The van der Waals surface area contributed by atoms with Gasteiger partial charge in [-0.2, -0.15) is 0 Å². The number of nitrogens with zero attached hydrogens (tertiary/aromatic N) is 2. The largest absolute Gasteiger partial charge is 0.490 e. The Morgan fingerprint density at radius 3 is 2.63 bits per heavy atom. The minimum absolute atomic E-state index is 0.252. The van der Waals surface area contributed by atoms with E-state index in [1.807, 2.05) is 12.1 Å². The number of carbonyl (C=O) groups excluding carboxylic acids is 1. The number of aliphatic imine (C=N–C) groups is 1. The highest BCUT2D eigenvalue weighted by atomic mass is 16.5. The smallest absolute Gasteiger partial charge is 0.225 e. The lowest BCUT2D eigenvalue weighted by atomic mass is 9.88. The number of ether oxygens (including phenoxy) is 1. The Morgan fingerprint density at radius 2 is 1.90 bits per heavy atom. The molecule has 0 bridgehead atoms. The summed E-state index contributed by atoms with van der Waals surface area (Å²) >= 11 is 0. The van der Waals surface area contributed by atoms with Gasteiger partial charge in [0, 0.05) is 44.2 Å². The van der Waals surface area contributed by atoms with Gasteiger partial charge in [0.25, 0.3) is 0 Å². The van der Waals surface area contributed by atoms with Crippen LogP contribution in [0.5, 0.6) is 5.75 Å². The van der Waals surface area contributed by atoms with E-state index in [0.717, 1.165) is 62.5 Å². The number of nitrogens with one attached hydrogen (secondary N) is 2. The highest BCUT2D eigenvalue weighted by Gasteiger charge is 2.31. The maximum Gasteiger partial charge on any atom is 0.225 e. The fourth-order valence-electron chi connectivity index (χ4n) is 4.69. The molecule has 1 aliphatic heterocycles. The summed E-state index contributed by atoms with van der Waals surface area (Å²) in [7, 11) is 1.80. The second-order valence-corrected chi connectivity index (χ2v) is 8.95. The van der Waals surface area contributed by atoms with Crippen LogP contribution in [0.4, 0.5) is 0 Å². The second kappa shape index (κ2) is 10.2. The van der Waals surface area contributed by atoms with Crippen LogP contribution in [0.1, 0.15) is 63.4 Å². The average Bonchev–Trinajstić information content (AvgIpc) is 3.23. The van der Waals surface area contributed by atoms with E-state index in [9.17, 15) is 4.79 Å². The number of hydrogen-bond acceptors (Lipinski definition) is 3. The first kappa shape index (κ1) is 21.0. The first-order chi connectivity index (χ1) is 14.7. The summed E-state index contributed by atoms with van der Waals surface area (Å²) in [5, 5.41) is 6.94. The predicted molar refractivity (Wildman–Crippen MR) is 120 cm³/mol. The highest BCUT2D eigenvalue weighted by molar-refractivity contribution is 5.81. The maximum atomic E-state index is 12.8. The fourth-order valence-corrected chi connectivity index (χ4v) is 4.69. The fraction of sp³-hybridized carbons (Fsp3) is 0.667. The molecule has 1 amide bonds. The molecular weight excluding hydrogens is 376 g/mol. The van der Waals surface area contributed by atoms with Crippen molar-refractivity contribution in [3.05, 3.63) is 29.8 Å². The summed E-state index contributed by atoms with van der Waals surface area (Å²) in [6.45, 7) is 2.29. The third-order valence-corrected chi connectivity index (χ3v) is 6.78. The Labute approximate surface area is 180 Å². The molecule has 164 valence electrons. The zero-order chi connectivity index (χ0) is 20.8. The molecule has 3 fully saturated rings. The van der Waals surface area contributed by atoms with Gasteiger partial charge in [0.1, 0.15) is 5.75 Å². The number of guanidine groups is 1. The molecule has 6 nitrogen and oxygen atoms in total. The van der Waals surface area contributed by atoms with E-state index in [1.165, 1.54) is 25.7 Å². The van der Waals surface area contributed by atoms with Crippen LogP contribution in [0.2, 0.25) is 0 Å². The molecule has 0 spiro atoms. The standard InChI is InChI=1S/C24H36N4O2/c1-25-24(26-16-19-10-5-6-13-22(19)30-21-11-7-12-21)27-20-14-15-28(17-20)23(29)18-8-3-2-4-9-18/h5-6,10,13,18,20-21H,2-4,7-9,11-12,14-17H2,1H3,(H2,25,26,27). The zero-order valence-corrected chi connectivity index (χ0v) is 18.2. The molecule has 2 N–H and O–H groups in total. The van der Waals surface area contributed by atoms with Crippen LogP contribution in [0.25, 0.3) is 0 Å². The van der Waals surface area contributed by atoms with Crippen LogP contribution in [0.3, 0.4) is 0 Å². The van der Waals surface area contributed by atoms with Gasteiger partial charge in [-0.05, 0) is 44.6 Å². The number of hydrogen-bond donors (Lipinski definition) is 2. The Hall–Kier alpha value is -2.24. The van der Waals surface area contributed by atoms with Crippen LogP contribution in [0.15, 0.2) is 29.3 Å². The van der Waals surface area contributed by atoms with E-state index in [1.54, 1.807) is 7.05 Å². The van der Waals surface area contributed by atoms with E-state index >= 15 is 0 Å². The molecule has 4 rings (SSSR count). The van der Waals surface area contributed by atoms with Crippen LogP contribution in [0, 0.1) is 5.92 Å². The van der Waals surface area contributed by atoms with Crippen molar-refractivity contribution >= 4 is 11.9 Å².